The lowest BCUT2D eigenvalue weighted by atomic mass is 9.92. The average Bonchev–Trinajstić information content (AvgIpc) is 3.32. The second-order valence-electron chi connectivity index (χ2n) is 6.18. The predicted octanol–water partition coefficient (Wildman–Crippen LogP) is 3.87. The summed E-state index contributed by atoms with van der Waals surface area (Å²) >= 11 is 0. The summed E-state index contributed by atoms with van der Waals surface area (Å²) in [5, 5.41) is 3.05. The van der Waals surface area contributed by atoms with Gasteiger partial charge < -0.3 is 10.2 Å². The van der Waals surface area contributed by atoms with Crippen molar-refractivity contribution in [3.8, 4) is 0 Å². The molecule has 0 bridgehead atoms. The smallest absolute Gasteiger partial charge is 0.227 e. The summed E-state index contributed by atoms with van der Waals surface area (Å²) in [6.45, 7) is 6.64. The van der Waals surface area contributed by atoms with Crippen molar-refractivity contribution in [1.29, 1.82) is 0 Å². The van der Waals surface area contributed by atoms with E-state index in [0.717, 1.165) is 38.0 Å². The summed E-state index contributed by atoms with van der Waals surface area (Å²) in [6, 6.07) is 8.39. The van der Waals surface area contributed by atoms with Gasteiger partial charge in [0, 0.05) is 11.6 Å². The van der Waals surface area contributed by atoms with Crippen LogP contribution in [0, 0.1) is 5.92 Å². The van der Waals surface area contributed by atoms with Crippen LogP contribution in [0.1, 0.15) is 51.0 Å². The van der Waals surface area contributed by atoms with Gasteiger partial charge in [0.15, 0.2) is 0 Å². The molecule has 0 radical (unpaired) electrons. The zero-order valence-electron chi connectivity index (χ0n) is 13.6. The van der Waals surface area contributed by atoms with Crippen LogP contribution >= 0.6 is 0 Å². The van der Waals surface area contributed by atoms with Crippen molar-refractivity contribution in [3.05, 3.63) is 29.8 Å². The van der Waals surface area contributed by atoms with Gasteiger partial charge in [-0.15, -0.1) is 0 Å². The fourth-order valence-corrected chi connectivity index (χ4v) is 2.60. The number of nitrogens with one attached hydrogen (secondary N) is 1. The van der Waals surface area contributed by atoms with Gasteiger partial charge in [0.05, 0.1) is 0 Å². The summed E-state index contributed by atoms with van der Waals surface area (Å²) in [6.07, 6.45) is 4.40. The summed E-state index contributed by atoms with van der Waals surface area (Å²) in [5.41, 5.74) is 2.29. The van der Waals surface area contributed by atoms with Crippen molar-refractivity contribution in [2.24, 2.45) is 5.92 Å². The highest BCUT2D eigenvalue weighted by molar-refractivity contribution is 5.94. The standard InChI is InChI=1S/C18H28N2O/c1-4-14(11-12-20(3)5-2)16-7-6-8-17(13-16)19-18(21)15-9-10-15/h6-8,13-15H,4-5,9-12H2,1-3H3,(H,19,21). The Morgan fingerprint density at radius 3 is 2.76 bits per heavy atom. The molecule has 116 valence electrons. The Morgan fingerprint density at radius 1 is 1.38 bits per heavy atom. The minimum absolute atomic E-state index is 0.186. The van der Waals surface area contributed by atoms with Gasteiger partial charge >= 0.3 is 0 Å². The molecule has 0 saturated heterocycles. The Morgan fingerprint density at radius 2 is 2.14 bits per heavy atom. The van der Waals surface area contributed by atoms with Gasteiger partial charge in [-0.25, -0.2) is 0 Å². The zero-order chi connectivity index (χ0) is 15.2. The molecule has 2 rings (SSSR count). The molecule has 1 aromatic rings. The van der Waals surface area contributed by atoms with Crippen molar-refractivity contribution >= 4 is 11.6 Å². The summed E-state index contributed by atoms with van der Waals surface area (Å²) < 4.78 is 0. The lowest BCUT2D eigenvalue weighted by Crippen LogP contribution is -2.20. The molecule has 21 heavy (non-hydrogen) atoms. The number of carbonyl (C=O) groups is 1. The van der Waals surface area contributed by atoms with Crippen molar-refractivity contribution < 1.29 is 4.79 Å². The van der Waals surface area contributed by atoms with Gasteiger partial charge in [-0.3, -0.25) is 4.79 Å². The molecule has 0 heterocycles. The molecule has 1 saturated carbocycles. The van der Waals surface area contributed by atoms with Gasteiger partial charge in [-0.05, 0) is 69.4 Å². The molecular weight excluding hydrogens is 260 g/mol. The van der Waals surface area contributed by atoms with Gasteiger partial charge in [0.25, 0.3) is 0 Å². The van der Waals surface area contributed by atoms with Crippen molar-refractivity contribution in [1.82, 2.24) is 4.90 Å². The maximum Gasteiger partial charge on any atom is 0.227 e. The highest BCUT2D eigenvalue weighted by Gasteiger charge is 2.29. The monoisotopic (exact) mass is 288 g/mol. The van der Waals surface area contributed by atoms with E-state index in [9.17, 15) is 4.79 Å². The minimum atomic E-state index is 0.186. The van der Waals surface area contributed by atoms with E-state index in [1.807, 2.05) is 6.07 Å². The van der Waals surface area contributed by atoms with Crippen LogP contribution in [0.25, 0.3) is 0 Å². The van der Waals surface area contributed by atoms with E-state index in [0.29, 0.717) is 5.92 Å². The third kappa shape index (κ3) is 4.85. The van der Waals surface area contributed by atoms with E-state index in [1.54, 1.807) is 0 Å². The Hall–Kier alpha value is -1.35. The van der Waals surface area contributed by atoms with Crippen molar-refractivity contribution in [2.45, 2.75) is 45.4 Å². The number of amides is 1. The van der Waals surface area contributed by atoms with Crippen LogP contribution < -0.4 is 5.32 Å². The first-order valence-corrected chi connectivity index (χ1v) is 8.23. The van der Waals surface area contributed by atoms with E-state index >= 15 is 0 Å². The molecule has 0 aromatic heterocycles. The van der Waals surface area contributed by atoms with Gasteiger partial charge in [-0.2, -0.15) is 0 Å². The second kappa shape index (κ2) is 7.60. The molecular formula is C18H28N2O. The number of rotatable bonds is 8. The topological polar surface area (TPSA) is 32.3 Å². The van der Waals surface area contributed by atoms with Crippen LogP contribution in [-0.4, -0.2) is 30.9 Å². The number of benzene rings is 1. The number of nitrogens with zero attached hydrogens (tertiary/aromatic N) is 1. The van der Waals surface area contributed by atoms with E-state index in [-0.39, 0.29) is 11.8 Å². The summed E-state index contributed by atoms with van der Waals surface area (Å²) in [7, 11) is 2.17. The minimum Gasteiger partial charge on any atom is -0.326 e. The fourth-order valence-electron chi connectivity index (χ4n) is 2.60. The molecule has 3 heteroatoms. The third-order valence-electron chi connectivity index (χ3n) is 4.47. The zero-order valence-corrected chi connectivity index (χ0v) is 13.6. The molecule has 3 nitrogen and oxygen atoms in total. The molecule has 1 aliphatic rings. The molecule has 1 aliphatic carbocycles. The van der Waals surface area contributed by atoms with Crippen LogP contribution in [0.4, 0.5) is 5.69 Å². The van der Waals surface area contributed by atoms with Gasteiger partial charge in [-0.1, -0.05) is 26.0 Å². The molecule has 1 atom stereocenters. The molecule has 1 fully saturated rings. The molecule has 0 spiro atoms. The first-order valence-electron chi connectivity index (χ1n) is 8.23. The maximum absolute atomic E-state index is 11.9. The summed E-state index contributed by atoms with van der Waals surface area (Å²) in [5.74, 6) is 1.01. The van der Waals surface area contributed by atoms with Gasteiger partial charge in [0.2, 0.25) is 5.91 Å². The van der Waals surface area contributed by atoms with E-state index < -0.39 is 0 Å². The quantitative estimate of drug-likeness (QED) is 0.787. The van der Waals surface area contributed by atoms with Crippen LogP contribution in [0.3, 0.4) is 0 Å². The predicted molar refractivity (Wildman–Crippen MR) is 88.6 cm³/mol. The third-order valence-corrected chi connectivity index (χ3v) is 4.47. The van der Waals surface area contributed by atoms with Gasteiger partial charge in [0.1, 0.15) is 0 Å². The SMILES string of the molecule is CCC(CCN(C)CC)c1cccc(NC(=O)C2CC2)c1. The molecule has 1 unspecified atom stereocenters. The maximum atomic E-state index is 11.9. The first-order chi connectivity index (χ1) is 10.1. The van der Waals surface area contributed by atoms with Crippen LogP contribution in [0.15, 0.2) is 24.3 Å². The molecule has 1 amide bonds. The van der Waals surface area contributed by atoms with Crippen LogP contribution in [0.2, 0.25) is 0 Å². The second-order valence-corrected chi connectivity index (χ2v) is 6.18. The largest absolute Gasteiger partial charge is 0.326 e. The fraction of sp³-hybridized carbons (Fsp3) is 0.611. The number of anilines is 1. The Bertz CT molecular complexity index is 468. The lowest BCUT2D eigenvalue weighted by Gasteiger charge is -2.20. The Kier molecular flexibility index (Phi) is 5.80. The molecule has 1 N–H and O–H groups in total. The number of hydrogen-bond acceptors (Lipinski definition) is 2. The van der Waals surface area contributed by atoms with E-state index in [4.69, 9.17) is 0 Å². The van der Waals surface area contributed by atoms with Crippen molar-refractivity contribution in [2.75, 3.05) is 25.5 Å². The van der Waals surface area contributed by atoms with E-state index in [2.05, 4.69) is 49.3 Å². The van der Waals surface area contributed by atoms with Crippen LogP contribution in [0.5, 0.6) is 0 Å². The Balaban J connectivity index is 1.98. The average molecular weight is 288 g/mol. The highest BCUT2D eigenvalue weighted by atomic mass is 16.2. The normalized spacial score (nSPS) is 16.0. The van der Waals surface area contributed by atoms with E-state index in [1.165, 1.54) is 12.0 Å². The molecule has 1 aromatic carbocycles. The molecule has 0 aliphatic heterocycles. The lowest BCUT2D eigenvalue weighted by molar-refractivity contribution is -0.117. The number of carbonyl (C=O) groups excluding carboxylic acids is 1. The highest BCUT2D eigenvalue weighted by Crippen LogP contribution is 2.31. The van der Waals surface area contributed by atoms with Crippen molar-refractivity contribution in [3.63, 3.8) is 0 Å². The number of hydrogen-bond donors (Lipinski definition) is 1. The summed E-state index contributed by atoms with van der Waals surface area (Å²) in [4.78, 5) is 14.2. The first kappa shape index (κ1) is 16.0. The van der Waals surface area contributed by atoms with Crippen LogP contribution in [-0.2, 0) is 4.79 Å². The Labute approximate surface area is 128 Å².